The Morgan fingerprint density at radius 1 is 1.50 bits per heavy atom. The lowest BCUT2D eigenvalue weighted by atomic mass is 10.2. The molecule has 0 radical (unpaired) electrons. The average molecular weight is 304 g/mol. The predicted molar refractivity (Wildman–Crippen MR) is 71.2 cm³/mol. The van der Waals surface area contributed by atoms with Crippen molar-refractivity contribution in [1.82, 2.24) is 4.72 Å². The maximum absolute atomic E-state index is 13.7. The second-order valence-electron chi connectivity index (χ2n) is 4.27. The van der Waals surface area contributed by atoms with Gasteiger partial charge in [-0.25, -0.2) is 22.3 Å². The highest BCUT2D eigenvalue weighted by atomic mass is 32.2. The van der Waals surface area contributed by atoms with Gasteiger partial charge in [0, 0.05) is 12.6 Å². The molecule has 0 spiro atoms. The van der Waals surface area contributed by atoms with Crippen molar-refractivity contribution < 1.29 is 22.3 Å². The summed E-state index contributed by atoms with van der Waals surface area (Å²) in [6, 6.07) is 3.17. The van der Waals surface area contributed by atoms with Crippen LogP contribution in [0.4, 0.5) is 4.39 Å². The maximum atomic E-state index is 13.7. The molecular weight excluding hydrogens is 287 g/mol. The summed E-state index contributed by atoms with van der Waals surface area (Å²) in [4.78, 5) is 11.1. The third-order valence-electron chi connectivity index (χ3n) is 2.55. The molecule has 0 saturated heterocycles. The van der Waals surface area contributed by atoms with Crippen LogP contribution in [0.15, 0.2) is 23.1 Å². The molecule has 8 heteroatoms. The zero-order valence-corrected chi connectivity index (χ0v) is 12.0. The first-order valence-corrected chi connectivity index (χ1v) is 7.40. The molecule has 1 rings (SSSR count). The number of sulfonamides is 1. The van der Waals surface area contributed by atoms with Gasteiger partial charge in [0.2, 0.25) is 10.0 Å². The fourth-order valence-electron chi connectivity index (χ4n) is 1.53. The Morgan fingerprint density at radius 2 is 2.15 bits per heavy atom. The van der Waals surface area contributed by atoms with Crippen molar-refractivity contribution in [3.63, 3.8) is 0 Å². The lowest BCUT2D eigenvalue weighted by molar-refractivity contribution is 0.0590. The Bertz CT molecular complexity index is 587. The second kappa shape index (κ2) is 6.78. The van der Waals surface area contributed by atoms with Crippen molar-refractivity contribution >= 4 is 16.0 Å². The summed E-state index contributed by atoms with van der Waals surface area (Å²) in [7, 11) is -2.96. The number of hydrogen-bond donors (Lipinski definition) is 2. The van der Waals surface area contributed by atoms with E-state index in [2.05, 4.69) is 9.46 Å². The largest absolute Gasteiger partial charge is 0.465 e. The quantitative estimate of drug-likeness (QED) is 0.751. The average Bonchev–Trinajstić information content (AvgIpc) is 2.36. The predicted octanol–water partition coefficient (Wildman–Crippen LogP) is 0.628. The number of carbonyl (C=O) groups excluding carboxylic acids is 1. The van der Waals surface area contributed by atoms with Crippen molar-refractivity contribution in [3.05, 3.63) is 29.6 Å². The van der Waals surface area contributed by atoms with Crippen LogP contribution in [0.3, 0.4) is 0 Å². The van der Waals surface area contributed by atoms with Crippen molar-refractivity contribution in [1.29, 1.82) is 0 Å². The van der Waals surface area contributed by atoms with E-state index in [-0.39, 0.29) is 12.6 Å². The van der Waals surface area contributed by atoms with E-state index in [0.717, 1.165) is 19.2 Å². The smallest absolute Gasteiger partial charge is 0.342 e. The molecule has 112 valence electrons. The highest BCUT2D eigenvalue weighted by Gasteiger charge is 2.26. The molecule has 0 saturated carbocycles. The van der Waals surface area contributed by atoms with Crippen LogP contribution < -0.4 is 10.5 Å². The van der Waals surface area contributed by atoms with Crippen LogP contribution >= 0.6 is 0 Å². The fraction of sp³-hybridized carbons (Fsp3) is 0.417. The first kappa shape index (κ1) is 16.5. The van der Waals surface area contributed by atoms with Crippen LogP contribution in [0.2, 0.25) is 0 Å². The van der Waals surface area contributed by atoms with Gasteiger partial charge in [0.05, 0.1) is 12.0 Å². The number of hydrogen-bond acceptors (Lipinski definition) is 5. The minimum Gasteiger partial charge on any atom is -0.465 e. The van der Waals surface area contributed by atoms with Gasteiger partial charge in [0.25, 0.3) is 0 Å². The number of carbonyl (C=O) groups is 1. The van der Waals surface area contributed by atoms with E-state index in [1.54, 1.807) is 6.92 Å². The molecule has 0 heterocycles. The maximum Gasteiger partial charge on any atom is 0.342 e. The van der Waals surface area contributed by atoms with Crippen molar-refractivity contribution in [2.45, 2.75) is 24.3 Å². The third-order valence-corrected chi connectivity index (χ3v) is 4.05. The summed E-state index contributed by atoms with van der Waals surface area (Å²) >= 11 is 0. The standard InChI is InChI=1S/C12H17FN2O4S/c1-8(14)6-7-15-20(17,18)10-5-3-4-9(13)11(10)12(16)19-2/h3-5,8,15H,6-7,14H2,1-2H3. The number of nitrogens with two attached hydrogens (primary N) is 1. The lowest BCUT2D eigenvalue weighted by Crippen LogP contribution is -2.30. The Balaban J connectivity index is 3.12. The summed E-state index contributed by atoms with van der Waals surface area (Å²) in [5.74, 6) is -2.00. The highest BCUT2D eigenvalue weighted by Crippen LogP contribution is 2.19. The molecule has 0 aromatic heterocycles. The van der Waals surface area contributed by atoms with E-state index in [1.165, 1.54) is 6.07 Å². The van der Waals surface area contributed by atoms with Crippen LogP contribution in [0.1, 0.15) is 23.7 Å². The second-order valence-corrected chi connectivity index (χ2v) is 6.00. The van der Waals surface area contributed by atoms with Crippen LogP contribution in [0.25, 0.3) is 0 Å². The normalized spacial score (nSPS) is 13.0. The van der Waals surface area contributed by atoms with E-state index in [4.69, 9.17) is 5.73 Å². The Hall–Kier alpha value is -1.51. The number of methoxy groups -OCH3 is 1. The number of ether oxygens (including phenoxy) is 1. The fourth-order valence-corrected chi connectivity index (χ4v) is 2.78. The molecule has 6 nitrogen and oxygen atoms in total. The van der Waals surface area contributed by atoms with Gasteiger partial charge in [-0.15, -0.1) is 0 Å². The van der Waals surface area contributed by atoms with E-state index in [0.29, 0.717) is 6.42 Å². The molecule has 0 fully saturated rings. The number of benzene rings is 1. The molecule has 1 unspecified atom stereocenters. The van der Waals surface area contributed by atoms with Crippen molar-refractivity contribution in [3.8, 4) is 0 Å². The number of esters is 1. The third kappa shape index (κ3) is 3.99. The molecule has 0 aliphatic heterocycles. The first-order chi connectivity index (χ1) is 9.29. The Morgan fingerprint density at radius 3 is 2.70 bits per heavy atom. The molecule has 3 N–H and O–H groups in total. The molecular formula is C12H17FN2O4S. The zero-order chi connectivity index (χ0) is 15.3. The van der Waals surface area contributed by atoms with Crippen LogP contribution in [0.5, 0.6) is 0 Å². The van der Waals surface area contributed by atoms with Gasteiger partial charge in [0.15, 0.2) is 0 Å². The molecule has 1 aromatic rings. The van der Waals surface area contributed by atoms with E-state index in [9.17, 15) is 17.6 Å². The SMILES string of the molecule is COC(=O)c1c(F)cccc1S(=O)(=O)NCCC(C)N. The molecule has 1 atom stereocenters. The van der Waals surface area contributed by atoms with E-state index in [1.807, 2.05) is 0 Å². The van der Waals surface area contributed by atoms with Gasteiger partial charge in [-0.1, -0.05) is 6.07 Å². The number of nitrogens with one attached hydrogen (secondary N) is 1. The van der Waals surface area contributed by atoms with E-state index < -0.39 is 32.3 Å². The van der Waals surface area contributed by atoms with Gasteiger partial charge in [0.1, 0.15) is 11.4 Å². The topological polar surface area (TPSA) is 98.5 Å². The molecule has 0 bridgehead atoms. The summed E-state index contributed by atoms with van der Waals surface area (Å²) in [5, 5.41) is 0. The van der Waals surface area contributed by atoms with Crippen molar-refractivity contribution in [2.75, 3.05) is 13.7 Å². The van der Waals surface area contributed by atoms with Gasteiger partial charge >= 0.3 is 5.97 Å². The summed E-state index contributed by atoms with van der Waals surface area (Å²) < 4.78 is 44.5. The zero-order valence-electron chi connectivity index (χ0n) is 11.2. The summed E-state index contributed by atoms with van der Waals surface area (Å²) in [5.41, 5.74) is 4.91. The lowest BCUT2D eigenvalue weighted by Gasteiger charge is -2.11. The molecule has 1 aromatic carbocycles. The first-order valence-electron chi connectivity index (χ1n) is 5.91. The van der Waals surface area contributed by atoms with Crippen LogP contribution in [0, 0.1) is 5.82 Å². The van der Waals surface area contributed by atoms with E-state index >= 15 is 0 Å². The minimum absolute atomic E-state index is 0.0944. The Kier molecular flexibility index (Phi) is 5.61. The van der Waals surface area contributed by atoms with Gasteiger partial charge in [-0.2, -0.15) is 0 Å². The molecule has 0 aliphatic carbocycles. The summed E-state index contributed by atoms with van der Waals surface area (Å²) in [6.45, 7) is 1.83. The highest BCUT2D eigenvalue weighted by molar-refractivity contribution is 7.89. The minimum atomic E-state index is -4.01. The van der Waals surface area contributed by atoms with Crippen LogP contribution in [-0.4, -0.2) is 34.1 Å². The monoisotopic (exact) mass is 304 g/mol. The Labute approximate surface area is 117 Å². The van der Waals surface area contributed by atoms with Gasteiger partial charge in [-0.3, -0.25) is 0 Å². The van der Waals surface area contributed by atoms with Crippen molar-refractivity contribution in [2.24, 2.45) is 5.73 Å². The molecule has 0 aliphatic rings. The van der Waals surface area contributed by atoms with Gasteiger partial charge in [-0.05, 0) is 25.5 Å². The van der Waals surface area contributed by atoms with Gasteiger partial charge < -0.3 is 10.5 Å². The number of halogens is 1. The van der Waals surface area contributed by atoms with Crippen LogP contribution in [-0.2, 0) is 14.8 Å². The summed E-state index contributed by atoms with van der Waals surface area (Å²) in [6.07, 6.45) is 0.419. The molecule has 0 amide bonds. The number of rotatable bonds is 6. The molecule has 20 heavy (non-hydrogen) atoms.